The minimum atomic E-state index is 0.0238. The smallest absolute Gasteiger partial charge is 0.233 e. The number of carbonyl (C=O) groups is 1. The number of carbonyl (C=O) groups excluding carboxylic acids is 1. The van der Waals surface area contributed by atoms with Crippen LogP contribution in [0.1, 0.15) is 25.7 Å². The van der Waals surface area contributed by atoms with Crippen molar-refractivity contribution < 1.29 is 9.53 Å². The van der Waals surface area contributed by atoms with Crippen molar-refractivity contribution in [3.05, 3.63) is 18.3 Å². The maximum Gasteiger partial charge on any atom is 0.233 e. The Bertz CT molecular complexity index is 496. The molecule has 2 aliphatic heterocycles. The van der Waals surface area contributed by atoms with E-state index in [1.54, 1.807) is 6.20 Å². The molecule has 6 heteroatoms. The fourth-order valence-corrected chi connectivity index (χ4v) is 3.38. The average Bonchev–Trinajstić information content (AvgIpc) is 2.55. The number of likely N-dealkylation sites (tertiary alicyclic amines) is 2. The summed E-state index contributed by atoms with van der Waals surface area (Å²) in [5.41, 5.74) is 0. The van der Waals surface area contributed by atoms with Crippen molar-refractivity contribution in [2.75, 3.05) is 33.2 Å². The topological polar surface area (TPSA) is 58.6 Å². The number of amides is 1. The Morgan fingerprint density at radius 2 is 2.14 bits per heavy atom. The molecule has 3 heterocycles. The molecule has 0 aliphatic carbocycles. The van der Waals surface area contributed by atoms with Gasteiger partial charge in [-0.05, 0) is 45.3 Å². The normalized spacial score (nSPS) is 26.7. The number of aromatic nitrogens is 2. The first-order chi connectivity index (χ1) is 10.7. The van der Waals surface area contributed by atoms with Gasteiger partial charge in [0, 0.05) is 25.4 Å². The molecule has 0 saturated carbocycles. The lowest BCUT2D eigenvalue weighted by Crippen LogP contribution is -2.49. The third-order valence-corrected chi connectivity index (χ3v) is 4.50. The minimum absolute atomic E-state index is 0.0238. The van der Waals surface area contributed by atoms with Crippen molar-refractivity contribution in [3.63, 3.8) is 0 Å². The Balaban J connectivity index is 1.57. The minimum Gasteiger partial charge on any atom is -0.471 e. The first kappa shape index (κ1) is 15.2. The van der Waals surface area contributed by atoms with Crippen molar-refractivity contribution in [2.45, 2.75) is 31.8 Å². The SMILES string of the molecule is CN1CCCC(C(=O)N2CCCC(Oc3cccnn3)C2)C1. The number of rotatable bonds is 3. The fraction of sp³-hybridized carbons (Fsp3) is 0.688. The molecule has 1 amide bonds. The Morgan fingerprint density at radius 3 is 2.91 bits per heavy atom. The third-order valence-electron chi connectivity index (χ3n) is 4.50. The van der Waals surface area contributed by atoms with Crippen LogP contribution in [0.3, 0.4) is 0 Å². The highest BCUT2D eigenvalue weighted by molar-refractivity contribution is 5.79. The van der Waals surface area contributed by atoms with Gasteiger partial charge in [0.1, 0.15) is 6.10 Å². The molecule has 22 heavy (non-hydrogen) atoms. The standard InChI is InChI=1S/C16H24N4O2/c1-19-9-3-5-13(11-19)16(21)20-10-4-6-14(12-20)22-15-7-2-8-17-18-15/h2,7-8,13-14H,3-6,9-12H2,1H3. The fourth-order valence-electron chi connectivity index (χ4n) is 3.38. The van der Waals surface area contributed by atoms with Crippen molar-refractivity contribution in [3.8, 4) is 5.88 Å². The number of ether oxygens (including phenoxy) is 1. The van der Waals surface area contributed by atoms with E-state index < -0.39 is 0 Å². The highest BCUT2D eigenvalue weighted by Crippen LogP contribution is 2.22. The predicted octanol–water partition coefficient (Wildman–Crippen LogP) is 1.19. The van der Waals surface area contributed by atoms with Crippen molar-refractivity contribution >= 4 is 5.91 Å². The van der Waals surface area contributed by atoms with Gasteiger partial charge in [-0.3, -0.25) is 4.79 Å². The molecule has 0 radical (unpaired) electrons. The second-order valence-corrected chi connectivity index (χ2v) is 6.33. The molecule has 1 aromatic heterocycles. The highest BCUT2D eigenvalue weighted by Gasteiger charge is 2.31. The zero-order valence-corrected chi connectivity index (χ0v) is 13.1. The van der Waals surface area contributed by atoms with Gasteiger partial charge in [-0.25, -0.2) is 0 Å². The predicted molar refractivity (Wildman–Crippen MR) is 82.5 cm³/mol. The quantitative estimate of drug-likeness (QED) is 0.839. The maximum atomic E-state index is 12.7. The molecule has 2 atom stereocenters. The second-order valence-electron chi connectivity index (χ2n) is 6.33. The molecule has 0 spiro atoms. The van der Waals surface area contributed by atoms with E-state index in [2.05, 4.69) is 22.1 Å². The van der Waals surface area contributed by atoms with E-state index in [4.69, 9.17) is 4.74 Å². The summed E-state index contributed by atoms with van der Waals surface area (Å²) in [5, 5.41) is 7.79. The van der Waals surface area contributed by atoms with E-state index in [9.17, 15) is 4.79 Å². The zero-order valence-electron chi connectivity index (χ0n) is 13.1. The molecule has 120 valence electrons. The van der Waals surface area contributed by atoms with Crippen LogP contribution < -0.4 is 4.74 Å². The van der Waals surface area contributed by atoms with Gasteiger partial charge in [-0.1, -0.05) is 0 Å². The van der Waals surface area contributed by atoms with Crippen LogP contribution in [-0.2, 0) is 4.79 Å². The summed E-state index contributed by atoms with van der Waals surface area (Å²) in [6, 6.07) is 3.62. The summed E-state index contributed by atoms with van der Waals surface area (Å²) in [5.74, 6) is 0.979. The lowest BCUT2D eigenvalue weighted by molar-refractivity contribution is -0.139. The second kappa shape index (κ2) is 7.05. The molecule has 2 saturated heterocycles. The summed E-state index contributed by atoms with van der Waals surface area (Å²) in [7, 11) is 2.09. The van der Waals surface area contributed by atoms with Gasteiger partial charge >= 0.3 is 0 Å². The van der Waals surface area contributed by atoms with Gasteiger partial charge in [0.15, 0.2) is 0 Å². The summed E-state index contributed by atoms with van der Waals surface area (Å²) >= 11 is 0. The van der Waals surface area contributed by atoms with Crippen LogP contribution in [0.5, 0.6) is 5.88 Å². The number of nitrogens with zero attached hydrogens (tertiary/aromatic N) is 4. The Kier molecular flexibility index (Phi) is 4.87. The van der Waals surface area contributed by atoms with Gasteiger partial charge in [0.2, 0.25) is 11.8 Å². The largest absolute Gasteiger partial charge is 0.471 e. The van der Waals surface area contributed by atoms with Gasteiger partial charge in [-0.15, -0.1) is 5.10 Å². The lowest BCUT2D eigenvalue weighted by Gasteiger charge is -2.37. The number of hydrogen-bond acceptors (Lipinski definition) is 5. The van der Waals surface area contributed by atoms with E-state index in [0.717, 1.165) is 45.3 Å². The van der Waals surface area contributed by atoms with Crippen LogP contribution in [0.2, 0.25) is 0 Å². The van der Waals surface area contributed by atoms with E-state index in [-0.39, 0.29) is 12.0 Å². The van der Waals surface area contributed by atoms with Gasteiger partial charge in [0.25, 0.3) is 0 Å². The molecule has 0 aromatic carbocycles. The highest BCUT2D eigenvalue weighted by atomic mass is 16.5. The van der Waals surface area contributed by atoms with Crippen LogP contribution in [0, 0.1) is 5.92 Å². The molecule has 2 unspecified atom stereocenters. The van der Waals surface area contributed by atoms with Crippen LogP contribution in [-0.4, -0.2) is 65.2 Å². The number of hydrogen-bond donors (Lipinski definition) is 0. The van der Waals surface area contributed by atoms with E-state index in [1.165, 1.54) is 0 Å². The zero-order chi connectivity index (χ0) is 15.4. The molecule has 0 bridgehead atoms. The molecular formula is C16H24N4O2. The van der Waals surface area contributed by atoms with Crippen molar-refractivity contribution in [1.29, 1.82) is 0 Å². The van der Waals surface area contributed by atoms with Crippen molar-refractivity contribution in [2.24, 2.45) is 5.92 Å². The van der Waals surface area contributed by atoms with Gasteiger partial charge in [0.05, 0.1) is 12.5 Å². The molecule has 2 aliphatic rings. The third kappa shape index (κ3) is 3.74. The molecule has 6 nitrogen and oxygen atoms in total. The van der Waals surface area contributed by atoms with Gasteiger partial charge < -0.3 is 14.5 Å². The van der Waals surface area contributed by atoms with E-state index in [0.29, 0.717) is 18.3 Å². The summed E-state index contributed by atoms with van der Waals surface area (Å²) in [6.45, 7) is 3.49. The van der Waals surface area contributed by atoms with Gasteiger partial charge in [-0.2, -0.15) is 5.10 Å². The first-order valence-corrected chi connectivity index (χ1v) is 8.14. The summed E-state index contributed by atoms with van der Waals surface area (Å²) < 4.78 is 5.87. The Hall–Kier alpha value is -1.69. The van der Waals surface area contributed by atoms with Crippen LogP contribution in [0.4, 0.5) is 0 Å². The average molecular weight is 304 g/mol. The monoisotopic (exact) mass is 304 g/mol. The number of piperidine rings is 2. The molecule has 1 aromatic rings. The maximum absolute atomic E-state index is 12.7. The molecule has 2 fully saturated rings. The molecular weight excluding hydrogens is 280 g/mol. The molecule has 3 rings (SSSR count). The van der Waals surface area contributed by atoms with Crippen LogP contribution in [0.25, 0.3) is 0 Å². The summed E-state index contributed by atoms with van der Waals surface area (Å²) in [4.78, 5) is 16.9. The van der Waals surface area contributed by atoms with Crippen LogP contribution in [0.15, 0.2) is 18.3 Å². The summed E-state index contributed by atoms with van der Waals surface area (Å²) in [6.07, 6.45) is 5.72. The van der Waals surface area contributed by atoms with Crippen LogP contribution >= 0.6 is 0 Å². The van der Waals surface area contributed by atoms with Crippen molar-refractivity contribution in [1.82, 2.24) is 20.0 Å². The van der Waals surface area contributed by atoms with E-state index >= 15 is 0 Å². The molecule has 0 N–H and O–H groups in total. The lowest BCUT2D eigenvalue weighted by atomic mass is 9.95. The Morgan fingerprint density at radius 1 is 1.27 bits per heavy atom. The first-order valence-electron chi connectivity index (χ1n) is 8.14. The van der Waals surface area contributed by atoms with E-state index in [1.807, 2.05) is 17.0 Å². The Labute approximate surface area is 131 Å².